The third-order valence-corrected chi connectivity index (χ3v) is 17.3. The predicted octanol–water partition coefficient (Wildman–Crippen LogP) is 23.5. The summed E-state index contributed by atoms with van der Waals surface area (Å²) in [6, 6.07) is -0.535. The number of amides is 1. The summed E-state index contributed by atoms with van der Waals surface area (Å²) in [6.45, 7) is 4.94. The molecule has 79 heavy (non-hydrogen) atoms. The highest BCUT2D eigenvalue weighted by Crippen LogP contribution is 2.20. The molecule has 0 fully saturated rings. The molecule has 0 aromatic heterocycles. The molecular formula is C73H143NO5. The van der Waals surface area contributed by atoms with Crippen molar-refractivity contribution < 1.29 is 24.5 Å². The van der Waals surface area contributed by atoms with E-state index >= 15 is 0 Å². The number of nitrogens with one attached hydrogen (secondary N) is 1. The van der Waals surface area contributed by atoms with E-state index in [-0.39, 0.29) is 18.5 Å². The van der Waals surface area contributed by atoms with Gasteiger partial charge in [0.05, 0.1) is 25.4 Å². The molecule has 470 valence electrons. The van der Waals surface area contributed by atoms with Crippen LogP contribution in [-0.2, 0) is 14.3 Å². The Hall–Kier alpha value is -1.40. The molecule has 0 aliphatic rings. The minimum absolute atomic E-state index is 0.0135. The van der Waals surface area contributed by atoms with Crippen LogP contribution >= 0.6 is 0 Å². The number of aliphatic hydroxyl groups is 2. The van der Waals surface area contributed by atoms with Gasteiger partial charge in [0.25, 0.3) is 0 Å². The number of rotatable bonds is 69. The van der Waals surface area contributed by atoms with Crippen molar-refractivity contribution in [3.05, 3.63) is 12.2 Å². The summed E-state index contributed by atoms with van der Waals surface area (Å²) in [6.07, 6.45) is 85.9. The van der Waals surface area contributed by atoms with Gasteiger partial charge < -0.3 is 20.3 Å². The van der Waals surface area contributed by atoms with E-state index in [1.807, 2.05) is 0 Å². The molecule has 3 N–H and O–H groups in total. The predicted molar refractivity (Wildman–Crippen MR) is 347 cm³/mol. The highest BCUT2D eigenvalue weighted by Gasteiger charge is 2.20. The van der Waals surface area contributed by atoms with Gasteiger partial charge in [0, 0.05) is 12.8 Å². The number of aliphatic hydroxyl groups excluding tert-OH is 2. The highest BCUT2D eigenvalue weighted by atomic mass is 16.5. The van der Waals surface area contributed by atoms with Crippen LogP contribution in [0.3, 0.4) is 0 Å². The first-order valence-corrected chi connectivity index (χ1v) is 36.4. The van der Waals surface area contributed by atoms with Crippen LogP contribution in [0.2, 0.25) is 0 Å². The summed E-state index contributed by atoms with van der Waals surface area (Å²) in [5.74, 6) is -0.0133. The van der Waals surface area contributed by atoms with Crippen molar-refractivity contribution in [2.24, 2.45) is 0 Å². The van der Waals surface area contributed by atoms with Gasteiger partial charge in [0.1, 0.15) is 0 Å². The van der Waals surface area contributed by atoms with Gasteiger partial charge in [-0.05, 0) is 44.9 Å². The van der Waals surface area contributed by atoms with Gasteiger partial charge in [0.15, 0.2) is 0 Å². The SMILES string of the molecule is CCCC/C=C\CCCCCCCC(=O)OCCCCCCCCCCCCCCCCCCCCCCCCCCCCCCCCCCCCCCCCCC(=O)NC(CO)C(O)CCCCCCCCCCCCCC. The molecule has 1 amide bonds. The Labute approximate surface area is 495 Å². The topological polar surface area (TPSA) is 95.9 Å². The van der Waals surface area contributed by atoms with Crippen LogP contribution in [0, 0.1) is 0 Å². The standard InChI is InChI=1S/C73H143NO5/c1-3-5-7-9-11-13-15-46-49-53-57-61-65-71(76)70(69-75)74-72(77)66-62-58-54-50-47-43-41-39-37-35-33-31-29-27-25-23-21-19-17-16-18-20-22-24-26-28-30-32-34-36-38-40-42-44-48-52-56-60-64-68-79-73(78)67-63-59-55-51-45-14-12-10-8-6-4-2/h10,12,70-71,75-76H,3-9,11,13-69H2,1-2H3,(H,74,77)/b12-10-. The van der Waals surface area contributed by atoms with Crippen LogP contribution in [0.25, 0.3) is 0 Å². The van der Waals surface area contributed by atoms with E-state index in [9.17, 15) is 19.8 Å². The van der Waals surface area contributed by atoms with Gasteiger partial charge in [-0.25, -0.2) is 0 Å². The third kappa shape index (κ3) is 65.6. The van der Waals surface area contributed by atoms with Crippen LogP contribution in [0.1, 0.15) is 418 Å². The zero-order chi connectivity index (χ0) is 57.1. The normalized spacial score (nSPS) is 12.5. The number of allylic oxidation sites excluding steroid dienone is 2. The maximum absolute atomic E-state index is 12.5. The van der Waals surface area contributed by atoms with Gasteiger partial charge >= 0.3 is 5.97 Å². The zero-order valence-electron chi connectivity index (χ0n) is 53.9. The van der Waals surface area contributed by atoms with E-state index in [0.717, 1.165) is 44.9 Å². The maximum Gasteiger partial charge on any atom is 0.305 e. The first-order chi connectivity index (χ1) is 39.0. The first-order valence-electron chi connectivity index (χ1n) is 36.4. The van der Waals surface area contributed by atoms with Gasteiger partial charge in [-0.3, -0.25) is 9.59 Å². The Morgan fingerprint density at radius 1 is 0.342 bits per heavy atom. The quantitative estimate of drug-likeness (QED) is 0.0320. The summed E-state index contributed by atoms with van der Waals surface area (Å²) in [7, 11) is 0. The monoisotopic (exact) mass is 1110 g/mol. The number of carbonyl (C=O) groups is 2. The molecule has 6 nitrogen and oxygen atoms in total. The van der Waals surface area contributed by atoms with E-state index in [0.29, 0.717) is 25.9 Å². The summed E-state index contributed by atoms with van der Waals surface area (Å²) in [5.41, 5.74) is 0. The average molecular weight is 1110 g/mol. The first kappa shape index (κ1) is 77.6. The molecule has 0 aromatic rings. The number of esters is 1. The molecule has 0 spiro atoms. The Bertz CT molecular complexity index is 1190. The molecule has 0 saturated heterocycles. The summed E-state index contributed by atoms with van der Waals surface area (Å²) < 4.78 is 5.47. The Kier molecular flexibility index (Phi) is 67.9. The van der Waals surface area contributed by atoms with Crippen molar-refractivity contribution >= 4 is 11.9 Å². The van der Waals surface area contributed by atoms with Gasteiger partial charge in [0.2, 0.25) is 5.91 Å². The van der Waals surface area contributed by atoms with Crippen LogP contribution in [0.15, 0.2) is 12.2 Å². The summed E-state index contributed by atoms with van der Waals surface area (Å²) >= 11 is 0. The Balaban J connectivity index is 3.27. The van der Waals surface area contributed by atoms with Crippen molar-refractivity contribution in [3.8, 4) is 0 Å². The lowest BCUT2D eigenvalue weighted by Crippen LogP contribution is -2.45. The molecule has 6 heteroatoms. The van der Waals surface area contributed by atoms with Crippen LogP contribution in [0.4, 0.5) is 0 Å². The fourth-order valence-corrected chi connectivity index (χ4v) is 11.7. The zero-order valence-corrected chi connectivity index (χ0v) is 53.9. The fraction of sp³-hybridized carbons (Fsp3) is 0.945. The second kappa shape index (κ2) is 69.1. The van der Waals surface area contributed by atoms with Gasteiger partial charge in [-0.2, -0.15) is 0 Å². The van der Waals surface area contributed by atoms with E-state index in [4.69, 9.17) is 4.74 Å². The second-order valence-electron chi connectivity index (χ2n) is 25.3. The Morgan fingerprint density at radius 2 is 0.608 bits per heavy atom. The number of carbonyl (C=O) groups excluding carboxylic acids is 2. The number of ether oxygens (including phenoxy) is 1. The van der Waals surface area contributed by atoms with Crippen molar-refractivity contribution in [2.75, 3.05) is 13.2 Å². The largest absolute Gasteiger partial charge is 0.466 e. The molecule has 0 heterocycles. The van der Waals surface area contributed by atoms with Crippen molar-refractivity contribution in [3.63, 3.8) is 0 Å². The van der Waals surface area contributed by atoms with Crippen LogP contribution in [-0.4, -0.2) is 47.4 Å². The van der Waals surface area contributed by atoms with Gasteiger partial charge in [-0.15, -0.1) is 0 Å². The average Bonchev–Trinajstić information content (AvgIpc) is 3.45. The molecule has 0 rings (SSSR count). The molecule has 0 aliphatic carbocycles. The lowest BCUT2D eigenvalue weighted by atomic mass is 10.0. The van der Waals surface area contributed by atoms with E-state index in [2.05, 4.69) is 31.3 Å². The Morgan fingerprint density at radius 3 is 0.937 bits per heavy atom. The van der Waals surface area contributed by atoms with Crippen molar-refractivity contribution in [1.29, 1.82) is 0 Å². The van der Waals surface area contributed by atoms with E-state index in [1.165, 1.54) is 340 Å². The number of hydrogen-bond donors (Lipinski definition) is 3. The van der Waals surface area contributed by atoms with Crippen molar-refractivity contribution in [1.82, 2.24) is 5.32 Å². The molecule has 2 atom stereocenters. The summed E-state index contributed by atoms with van der Waals surface area (Å²) in [4.78, 5) is 24.5. The smallest absolute Gasteiger partial charge is 0.305 e. The molecule has 0 aliphatic heterocycles. The van der Waals surface area contributed by atoms with E-state index in [1.54, 1.807) is 0 Å². The van der Waals surface area contributed by atoms with Gasteiger partial charge in [-0.1, -0.05) is 373 Å². The number of unbranched alkanes of at least 4 members (excludes halogenated alkanes) is 56. The number of hydrogen-bond acceptors (Lipinski definition) is 5. The molecule has 2 unspecified atom stereocenters. The third-order valence-electron chi connectivity index (χ3n) is 17.3. The molecule has 0 saturated carbocycles. The van der Waals surface area contributed by atoms with E-state index < -0.39 is 12.1 Å². The molecular weight excluding hydrogens is 971 g/mol. The molecule has 0 bridgehead atoms. The summed E-state index contributed by atoms with van der Waals surface area (Å²) in [5, 5.41) is 23.3. The fourth-order valence-electron chi connectivity index (χ4n) is 11.7. The highest BCUT2D eigenvalue weighted by molar-refractivity contribution is 5.76. The second-order valence-corrected chi connectivity index (χ2v) is 25.3. The minimum Gasteiger partial charge on any atom is -0.466 e. The molecule has 0 aromatic carbocycles. The van der Waals surface area contributed by atoms with Crippen molar-refractivity contribution in [2.45, 2.75) is 431 Å². The minimum atomic E-state index is -0.658. The van der Waals surface area contributed by atoms with Crippen LogP contribution < -0.4 is 5.32 Å². The van der Waals surface area contributed by atoms with Crippen LogP contribution in [0.5, 0.6) is 0 Å². The lowest BCUT2D eigenvalue weighted by molar-refractivity contribution is -0.143. The maximum atomic E-state index is 12.5. The lowest BCUT2D eigenvalue weighted by Gasteiger charge is -2.22. The molecule has 0 radical (unpaired) electrons.